The van der Waals surface area contributed by atoms with Gasteiger partial charge in [-0.2, -0.15) is 0 Å². The predicted octanol–water partition coefficient (Wildman–Crippen LogP) is 3.25. The molecule has 0 unspecified atom stereocenters. The van der Waals surface area contributed by atoms with Gasteiger partial charge in [0.25, 0.3) is 5.91 Å². The van der Waals surface area contributed by atoms with Crippen molar-refractivity contribution in [2.24, 2.45) is 0 Å². The fraction of sp³-hybridized carbons (Fsp3) is 0.185. The Hall–Kier alpha value is -4.46. The van der Waals surface area contributed by atoms with Crippen LogP contribution in [-0.2, 0) is 19.9 Å². The molecule has 176 valence electrons. The minimum absolute atomic E-state index is 0.0958. The standard InChI is InChI=1S/C27H24N4O4/c1-18-16-23(32)28-21-14-8-9-15-22(21)31(18)24(33)17-30-25(34)27(29-26(30)35,19-10-4-2-5-11-19)20-12-6-3-7-13-20/h2-15,18H,16-17H2,1H3,(H,28,32)(H,29,35)/t18-/m1/s1. The minimum Gasteiger partial charge on any atom is -0.324 e. The van der Waals surface area contributed by atoms with Gasteiger partial charge in [-0.3, -0.25) is 19.3 Å². The lowest BCUT2D eigenvalue weighted by atomic mass is 9.82. The Kier molecular flexibility index (Phi) is 5.56. The number of fused-ring (bicyclic) bond motifs is 1. The molecule has 2 N–H and O–H groups in total. The summed E-state index contributed by atoms with van der Waals surface area (Å²) < 4.78 is 0. The average molecular weight is 469 g/mol. The molecular formula is C27H24N4O4. The number of hydrogen-bond donors (Lipinski definition) is 2. The van der Waals surface area contributed by atoms with E-state index >= 15 is 0 Å². The molecule has 0 aromatic heterocycles. The van der Waals surface area contributed by atoms with Crippen LogP contribution in [0.1, 0.15) is 24.5 Å². The maximum atomic E-state index is 13.9. The second kappa shape index (κ2) is 8.72. The van der Waals surface area contributed by atoms with E-state index < -0.39 is 36.0 Å². The fourth-order valence-corrected chi connectivity index (χ4v) is 4.83. The average Bonchev–Trinajstić information content (AvgIpc) is 3.03. The van der Waals surface area contributed by atoms with Gasteiger partial charge in [-0.05, 0) is 30.2 Å². The van der Waals surface area contributed by atoms with Crippen molar-refractivity contribution in [3.8, 4) is 0 Å². The maximum absolute atomic E-state index is 13.9. The van der Waals surface area contributed by atoms with Gasteiger partial charge in [0.2, 0.25) is 11.8 Å². The maximum Gasteiger partial charge on any atom is 0.326 e. The molecule has 0 bridgehead atoms. The minimum atomic E-state index is -1.44. The molecule has 1 atom stereocenters. The van der Waals surface area contributed by atoms with E-state index in [4.69, 9.17) is 0 Å². The second-order valence-corrected chi connectivity index (χ2v) is 8.69. The largest absolute Gasteiger partial charge is 0.326 e. The van der Waals surface area contributed by atoms with E-state index in [-0.39, 0.29) is 12.3 Å². The highest BCUT2D eigenvalue weighted by molar-refractivity contribution is 6.13. The van der Waals surface area contributed by atoms with Crippen LogP contribution in [0.2, 0.25) is 0 Å². The summed E-state index contributed by atoms with van der Waals surface area (Å²) in [6.45, 7) is 1.31. The van der Waals surface area contributed by atoms with Gasteiger partial charge < -0.3 is 15.5 Å². The number of nitrogens with one attached hydrogen (secondary N) is 2. The van der Waals surface area contributed by atoms with Gasteiger partial charge in [-0.25, -0.2) is 4.79 Å². The molecule has 0 saturated carbocycles. The van der Waals surface area contributed by atoms with Crippen molar-refractivity contribution in [2.75, 3.05) is 16.8 Å². The molecular weight excluding hydrogens is 444 g/mol. The number of carbonyl (C=O) groups is 4. The second-order valence-electron chi connectivity index (χ2n) is 8.69. The first-order chi connectivity index (χ1) is 16.9. The van der Waals surface area contributed by atoms with Gasteiger partial charge in [0, 0.05) is 12.5 Å². The Morgan fingerprint density at radius 1 is 0.886 bits per heavy atom. The number of para-hydroxylation sites is 2. The van der Waals surface area contributed by atoms with Crippen LogP contribution in [0, 0.1) is 0 Å². The summed E-state index contributed by atoms with van der Waals surface area (Å²) in [6.07, 6.45) is 0.0958. The van der Waals surface area contributed by atoms with Gasteiger partial charge in [0.1, 0.15) is 6.54 Å². The third kappa shape index (κ3) is 3.73. The Balaban J connectivity index is 1.51. The molecule has 1 fully saturated rings. The van der Waals surface area contributed by atoms with Crippen molar-refractivity contribution < 1.29 is 19.2 Å². The number of carbonyl (C=O) groups excluding carboxylic acids is 4. The van der Waals surface area contributed by atoms with E-state index in [1.165, 1.54) is 4.90 Å². The quantitative estimate of drug-likeness (QED) is 0.575. The first-order valence-corrected chi connectivity index (χ1v) is 11.4. The molecule has 2 heterocycles. The third-order valence-electron chi connectivity index (χ3n) is 6.44. The zero-order valence-electron chi connectivity index (χ0n) is 19.1. The summed E-state index contributed by atoms with van der Waals surface area (Å²) in [7, 11) is 0. The molecule has 0 radical (unpaired) electrons. The summed E-state index contributed by atoms with van der Waals surface area (Å²) in [5.74, 6) is -1.19. The lowest BCUT2D eigenvalue weighted by Gasteiger charge is -2.30. The number of urea groups is 1. The van der Waals surface area contributed by atoms with Crippen molar-refractivity contribution in [3.05, 3.63) is 96.1 Å². The number of benzene rings is 3. The topological polar surface area (TPSA) is 98.8 Å². The molecule has 3 aromatic carbocycles. The highest BCUT2D eigenvalue weighted by Gasteiger charge is 2.54. The predicted molar refractivity (Wildman–Crippen MR) is 131 cm³/mol. The first kappa shape index (κ1) is 22.3. The normalized spacial score (nSPS) is 19.0. The third-order valence-corrected chi connectivity index (χ3v) is 6.44. The fourth-order valence-electron chi connectivity index (χ4n) is 4.83. The Morgan fingerprint density at radius 2 is 1.46 bits per heavy atom. The highest BCUT2D eigenvalue weighted by Crippen LogP contribution is 2.37. The van der Waals surface area contributed by atoms with E-state index in [9.17, 15) is 19.2 Å². The molecule has 35 heavy (non-hydrogen) atoms. The first-order valence-electron chi connectivity index (χ1n) is 11.4. The Labute approximate surface area is 202 Å². The van der Waals surface area contributed by atoms with Gasteiger partial charge >= 0.3 is 6.03 Å². The van der Waals surface area contributed by atoms with E-state index in [1.807, 2.05) is 12.1 Å². The van der Waals surface area contributed by atoms with Gasteiger partial charge in [-0.15, -0.1) is 0 Å². The van der Waals surface area contributed by atoms with Crippen LogP contribution in [0.4, 0.5) is 16.2 Å². The highest BCUT2D eigenvalue weighted by atomic mass is 16.2. The van der Waals surface area contributed by atoms with Crippen molar-refractivity contribution in [3.63, 3.8) is 0 Å². The summed E-state index contributed by atoms with van der Waals surface area (Å²) in [6, 6.07) is 23.9. The van der Waals surface area contributed by atoms with Crippen LogP contribution in [-0.4, -0.2) is 41.2 Å². The molecule has 2 aliphatic rings. The zero-order chi connectivity index (χ0) is 24.6. The summed E-state index contributed by atoms with van der Waals surface area (Å²) in [4.78, 5) is 55.4. The van der Waals surface area contributed by atoms with Crippen molar-refractivity contribution in [1.29, 1.82) is 0 Å². The van der Waals surface area contributed by atoms with Crippen LogP contribution in [0.25, 0.3) is 0 Å². The molecule has 0 spiro atoms. The Morgan fingerprint density at radius 3 is 2.09 bits per heavy atom. The molecule has 0 aliphatic carbocycles. The molecule has 8 nitrogen and oxygen atoms in total. The lowest BCUT2D eigenvalue weighted by Crippen LogP contribution is -2.48. The number of hydrogen-bond acceptors (Lipinski definition) is 4. The van der Waals surface area contributed by atoms with Crippen LogP contribution >= 0.6 is 0 Å². The van der Waals surface area contributed by atoms with Gasteiger partial charge in [-0.1, -0.05) is 72.8 Å². The molecule has 8 heteroatoms. The van der Waals surface area contributed by atoms with Gasteiger partial charge in [0.15, 0.2) is 5.54 Å². The van der Waals surface area contributed by atoms with E-state index in [2.05, 4.69) is 10.6 Å². The van der Waals surface area contributed by atoms with E-state index in [1.54, 1.807) is 79.7 Å². The summed E-state index contributed by atoms with van der Waals surface area (Å²) in [5, 5.41) is 5.67. The van der Waals surface area contributed by atoms with E-state index in [0.717, 1.165) is 4.90 Å². The SMILES string of the molecule is C[C@@H]1CC(=O)Nc2ccccc2N1C(=O)CN1C(=O)NC(c2ccccc2)(c2ccccc2)C1=O. The van der Waals surface area contributed by atoms with Crippen LogP contribution < -0.4 is 15.5 Å². The van der Waals surface area contributed by atoms with Crippen LogP contribution in [0.3, 0.4) is 0 Å². The molecule has 3 aromatic rings. The smallest absolute Gasteiger partial charge is 0.324 e. The number of amides is 5. The van der Waals surface area contributed by atoms with E-state index in [0.29, 0.717) is 22.5 Å². The number of rotatable bonds is 4. The van der Waals surface area contributed by atoms with Crippen molar-refractivity contribution in [2.45, 2.75) is 24.9 Å². The van der Waals surface area contributed by atoms with Crippen LogP contribution in [0.15, 0.2) is 84.9 Å². The Bertz CT molecular complexity index is 1270. The van der Waals surface area contributed by atoms with Gasteiger partial charge in [0.05, 0.1) is 11.4 Å². The lowest BCUT2D eigenvalue weighted by molar-refractivity contribution is -0.133. The molecule has 1 saturated heterocycles. The molecule has 5 rings (SSSR count). The summed E-state index contributed by atoms with van der Waals surface area (Å²) >= 11 is 0. The number of anilines is 2. The van der Waals surface area contributed by atoms with Crippen LogP contribution in [0.5, 0.6) is 0 Å². The zero-order valence-corrected chi connectivity index (χ0v) is 19.1. The molecule has 5 amide bonds. The number of imide groups is 1. The monoisotopic (exact) mass is 468 g/mol. The molecule has 2 aliphatic heterocycles. The summed E-state index contributed by atoms with van der Waals surface area (Å²) in [5.41, 5.74) is 0.792. The van der Waals surface area contributed by atoms with Crippen molar-refractivity contribution in [1.82, 2.24) is 10.2 Å². The number of nitrogens with zero attached hydrogens (tertiary/aromatic N) is 2. The van der Waals surface area contributed by atoms with Crippen molar-refractivity contribution >= 4 is 35.1 Å².